The average molecular weight is 460 g/mol. The molecule has 0 saturated carbocycles. The van der Waals surface area contributed by atoms with Gasteiger partial charge in [-0.25, -0.2) is 4.57 Å². The van der Waals surface area contributed by atoms with Gasteiger partial charge in [0, 0.05) is 28.0 Å². The summed E-state index contributed by atoms with van der Waals surface area (Å²) in [4.78, 5) is 0. The molecule has 3 aromatic carbocycles. The summed E-state index contributed by atoms with van der Waals surface area (Å²) in [6, 6.07) is 21.5. The molecule has 0 amide bonds. The maximum atomic E-state index is 9.96. The van der Waals surface area contributed by atoms with Crippen molar-refractivity contribution in [3.63, 3.8) is 0 Å². The molecule has 3 nitrogen and oxygen atoms in total. The molecule has 2 heterocycles. The molecule has 0 N–H and O–H groups in total. The summed E-state index contributed by atoms with van der Waals surface area (Å²) in [5, 5.41) is 12.1. The van der Waals surface area contributed by atoms with Crippen molar-refractivity contribution >= 4 is 21.9 Å². The molecule has 35 heavy (non-hydrogen) atoms. The number of nitrogens with zero attached hydrogens (tertiary/aromatic N) is 2. The predicted molar refractivity (Wildman–Crippen MR) is 143 cm³/mol. The minimum atomic E-state index is 0.600. The van der Waals surface area contributed by atoms with Gasteiger partial charge in [0.1, 0.15) is 18.2 Å². The first-order chi connectivity index (χ1) is 16.8. The number of rotatable bonds is 4. The van der Waals surface area contributed by atoms with Crippen molar-refractivity contribution in [3.05, 3.63) is 88.6 Å². The highest BCUT2D eigenvalue weighted by atomic mass is 16.3. The van der Waals surface area contributed by atoms with Crippen LogP contribution in [0, 0.1) is 38.0 Å². The van der Waals surface area contributed by atoms with Crippen molar-refractivity contribution in [2.45, 2.75) is 41.0 Å². The van der Waals surface area contributed by atoms with Gasteiger partial charge >= 0.3 is 0 Å². The van der Waals surface area contributed by atoms with Crippen LogP contribution >= 0.6 is 0 Å². The zero-order valence-electron chi connectivity index (χ0n) is 21.4. The van der Waals surface area contributed by atoms with Crippen LogP contribution < -0.4 is 4.57 Å². The Hall–Kier alpha value is -3.90. The molecule has 0 spiro atoms. The third-order valence-electron chi connectivity index (χ3n) is 7.02. The molecule has 2 aromatic heterocycles. The van der Waals surface area contributed by atoms with Gasteiger partial charge < -0.3 is 4.42 Å². The number of hydrogen-bond donors (Lipinski definition) is 0. The first-order valence-electron chi connectivity index (χ1n) is 12.2. The van der Waals surface area contributed by atoms with Crippen LogP contribution in [0.5, 0.6) is 0 Å². The molecular formula is C32H31N2O+. The summed E-state index contributed by atoms with van der Waals surface area (Å²) in [6.07, 6.45) is 3.21. The lowest BCUT2D eigenvalue weighted by Crippen LogP contribution is -2.31. The number of furan rings is 1. The summed E-state index contributed by atoms with van der Waals surface area (Å²) in [5.41, 5.74) is 11.3. The average Bonchev–Trinajstić information content (AvgIpc) is 3.20. The number of fused-ring (bicyclic) bond motifs is 3. The third-order valence-corrected chi connectivity index (χ3v) is 7.02. The largest absolute Gasteiger partial charge is 0.454 e. The standard InChI is InChI=1S/C32H31N2O/c1-19(2)15-23-8-10-24(11-9-23)30-25(17-33)12-14-27-26-13-7-20(3)29(31(26)35-32(27)30)28-16-21(4)22(5)18-34(28)6/h7-14,16,18-19H,15H2,1-6H3/q+1. The fourth-order valence-electron chi connectivity index (χ4n) is 5.11. The van der Waals surface area contributed by atoms with Gasteiger partial charge in [0.05, 0.1) is 17.2 Å². The molecule has 5 rings (SSSR count). The highest BCUT2D eigenvalue weighted by Gasteiger charge is 2.23. The fourth-order valence-corrected chi connectivity index (χ4v) is 5.11. The Morgan fingerprint density at radius 2 is 1.49 bits per heavy atom. The van der Waals surface area contributed by atoms with E-state index in [9.17, 15) is 5.26 Å². The zero-order chi connectivity index (χ0) is 24.9. The Morgan fingerprint density at radius 3 is 2.14 bits per heavy atom. The second-order valence-electron chi connectivity index (χ2n) is 10.1. The van der Waals surface area contributed by atoms with Gasteiger partial charge in [0.2, 0.25) is 5.69 Å². The Bertz CT molecular complexity index is 1630. The molecule has 3 heteroatoms. The van der Waals surface area contributed by atoms with E-state index in [1.165, 1.54) is 16.7 Å². The van der Waals surface area contributed by atoms with E-state index in [1.807, 2.05) is 12.1 Å². The van der Waals surface area contributed by atoms with Crippen LogP contribution in [0.4, 0.5) is 0 Å². The van der Waals surface area contributed by atoms with Gasteiger partial charge in [0.15, 0.2) is 6.20 Å². The van der Waals surface area contributed by atoms with Crippen LogP contribution in [0.15, 0.2) is 65.2 Å². The molecule has 0 aliphatic heterocycles. The number of pyridine rings is 1. The van der Waals surface area contributed by atoms with Crippen LogP contribution in [0.2, 0.25) is 0 Å². The quantitative estimate of drug-likeness (QED) is 0.258. The zero-order valence-corrected chi connectivity index (χ0v) is 21.4. The van der Waals surface area contributed by atoms with E-state index in [4.69, 9.17) is 4.42 Å². The van der Waals surface area contributed by atoms with E-state index in [1.54, 1.807) is 0 Å². The molecule has 5 aromatic rings. The minimum absolute atomic E-state index is 0.600. The Morgan fingerprint density at radius 1 is 0.829 bits per heavy atom. The van der Waals surface area contributed by atoms with Crippen molar-refractivity contribution in [1.82, 2.24) is 0 Å². The number of benzene rings is 3. The molecule has 174 valence electrons. The SMILES string of the molecule is Cc1cc(-c2c(C)ccc3c2oc2c(-c4ccc(CC(C)C)cc4)c(C#N)ccc23)[n+](C)cc1C. The van der Waals surface area contributed by atoms with Crippen LogP contribution in [0.25, 0.3) is 44.3 Å². The second-order valence-corrected chi connectivity index (χ2v) is 10.1. The first-order valence-corrected chi connectivity index (χ1v) is 12.2. The van der Waals surface area contributed by atoms with E-state index < -0.39 is 0 Å². The van der Waals surface area contributed by atoms with Crippen molar-refractivity contribution in [1.29, 1.82) is 5.26 Å². The monoisotopic (exact) mass is 459 g/mol. The minimum Gasteiger partial charge on any atom is -0.454 e. The van der Waals surface area contributed by atoms with Gasteiger partial charge in [-0.05, 0) is 67.5 Å². The highest BCUT2D eigenvalue weighted by molar-refractivity contribution is 6.14. The van der Waals surface area contributed by atoms with E-state index in [0.717, 1.165) is 56.3 Å². The molecule has 0 atom stereocenters. The second kappa shape index (κ2) is 8.71. The van der Waals surface area contributed by atoms with E-state index in [0.29, 0.717) is 11.5 Å². The van der Waals surface area contributed by atoms with Gasteiger partial charge in [0.25, 0.3) is 0 Å². The van der Waals surface area contributed by atoms with Crippen molar-refractivity contribution in [2.24, 2.45) is 13.0 Å². The number of nitriles is 1. The predicted octanol–water partition coefficient (Wildman–Crippen LogP) is 7.74. The van der Waals surface area contributed by atoms with Crippen LogP contribution in [-0.2, 0) is 13.5 Å². The Labute approximate surface area is 207 Å². The van der Waals surface area contributed by atoms with Gasteiger partial charge in [-0.15, -0.1) is 0 Å². The van der Waals surface area contributed by atoms with E-state index in [-0.39, 0.29) is 0 Å². The van der Waals surface area contributed by atoms with E-state index >= 15 is 0 Å². The third kappa shape index (κ3) is 3.90. The van der Waals surface area contributed by atoms with E-state index in [2.05, 4.69) is 101 Å². The van der Waals surface area contributed by atoms with Crippen molar-refractivity contribution in [3.8, 4) is 28.5 Å². The Kier molecular flexibility index (Phi) is 5.69. The number of aryl methyl sites for hydroxylation is 4. The summed E-state index contributed by atoms with van der Waals surface area (Å²) in [5.74, 6) is 0.600. The smallest absolute Gasteiger partial charge is 0.216 e. The topological polar surface area (TPSA) is 40.8 Å². The molecule has 0 radical (unpaired) electrons. The molecule has 0 fully saturated rings. The molecule has 0 aliphatic rings. The molecule has 0 unspecified atom stereocenters. The Balaban J connectivity index is 1.80. The summed E-state index contributed by atoms with van der Waals surface area (Å²) in [6.45, 7) is 10.9. The number of hydrogen-bond acceptors (Lipinski definition) is 2. The maximum Gasteiger partial charge on any atom is 0.216 e. The maximum absolute atomic E-state index is 9.96. The van der Waals surface area contributed by atoms with Gasteiger partial charge in [-0.1, -0.05) is 50.2 Å². The lowest BCUT2D eigenvalue weighted by atomic mass is 9.94. The van der Waals surface area contributed by atoms with Crippen LogP contribution in [0.1, 0.15) is 41.7 Å². The lowest BCUT2D eigenvalue weighted by molar-refractivity contribution is -0.660. The first kappa shape index (κ1) is 22.9. The van der Waals surface area contributed by atoms with Gasteiger partial charge in [-0.3, -0.25) is 0 Å². The van der Waals surface area contributed by atoms with Crippen LogP contribution in [-0.4, -0.2) is 0 Å². The summed E-state index contributed by atoms with van der Waals surface area (Å²) in [7, 11) is 2.08. The normalized spacial score (nSPS) is 11.5. The lowest BCUT2D eigenvalue weighted by Gasteiger charge is -2.08. The van der Waals surface area contributed by atoms with Crippen LogP contribution in [0.3, 0.4) is 0 Å². The summed E-state index contributed by atoms with van der Waals surface area (Å²) >= 11 is 0. The number of aromatic nitrogens is 1. The molecule has 0 bridgehead atoms. The fraction of sp³-hybridized carbons (Fsp3) is 0.250. The van der Waals surface area contributed by atoms with Crippen molar-refractivity contribution in [2.75, 3.05) is 0 Å². The summed E-state index contributed by atoms with van der Waals surface area (Å²) < 4.78 is 8.88. The molecule has 0 aliphatic carbocycles. The highest BCUT2D eigenvalue weighted by Crippen LogP contribution is 2.42. The molecule has 0 saturated heterocycles. The molecular weight excluding hydrogens is 428 g/mol. The van der Waals surface area contributed by atoms with Crippen molar-refractivity contribution < 1.29 is 8.98 Å². The van der Waals surface area contributed by atoms with Gasteiger partial charge in [-0.2, -0.15) is 5.26 Å².